The third kappa shape index (κ3) is 4.51. The van der Waals surface area contributed by atoms with E-state index in [0.717, 1.165) is 21.9 Å². The van der Waals surface area contributed by atoms with E-state index in [0.29, 0.717) is 17.6 Å². The van der Waals surface area contributed by atoms with E-state index in [1.54, 1.807) is 4.68 Å². The summed E-state index contributed by atoms with van der Waals surface area (Å²) in [7, 11) is 1.33. The van der Waals surface area contributed by atoms with Gasteiger partial charge in [0, 0.05) is 13.6 Å². The third-order valence-electron chi connectivity index (χ3n) is 4.42. The molecule has 30 heavy (non-hydrogen) atoms. The zero-order chi connectivity index (χ0) is 21.8. The molecular formula is C19H23N7O3S. The maximum atomic E-state index is 12.9. The molecule has 0 radical (unpaired) electrons. The Balaban J connectivity index is 1.90. The number of aromatic nitrogens is 6. The first-order valence-electron chi connectivity index (χ1n) is 9.35. The molecule has 2 heterocycles. The molecule has 3 rings (SSSR count). The van der Waals surface area contributed by atoms with E-state index < -0.39 is 17.0 Å². The fourth-order valence-corrected chi connectivity index (χ4v) is 3.69. The molecule has 0 unspecified atom stereocenters. The Morgan fingerprint density at radius 2 is 1.90 bits per heavy atom. The van der Waals surface area contributed by atoms with Gasteiger partial charge in [-0.05, 0) is 21.9 Å². The predicted molar refractivity (Wildman–Crippen MR) is 114 cm³/mol. The Bertz CT molecular complexity index is 1170. The van der Waals surface area contributed by atoms with E-state index in [1.165, 1.54) is 11.6 Å². The average molecular weight is 430 g/mol. The van der Waals surface area contributed by atoms with Crippen LogP contribution in [-0.2, 0) is 20.1 Å². The van der Waals surface area contributed by atoms with Gasteiger partial charge < -0.3 is 5.73 Å². The van der Waals surface area contributed by atoms with Crippen LogP contribution >= 0.6 is 11.8 Å². The monoisotopic (exact) mass is 429 g/mol. The number of hydrogen-bond acceptors (Lipinski definition) is 8. The first-order valence-corrected chi connectivity index (χ1v) is 10.3. The van der Waals surface area contributed by atoms with Gasteiger partial charge in [0.2, 0.25) is 5.16 Å². The lowest BCUT2D eigenvalue weighted by Gasteiger charge is -2.14. The summed E-state index contributed by atoms with van der Waals surface area (Å²) in [5, 5.41) is 12.0. The molecule has 0 aliphatic heterocycles. The van der Waals surface area contributed by atoms with Crippen LogP contribution in [0.5, 0.6) is 0 Å². The van der Waals surface area contributed by atoms with Crippen molar-refractivity contribution < 1.29 is 4.79 Å². The number of carbonyl (C=O) groups excluding carboxylic acids is 1. The molecular weight excluding hydrogens is 406 g/mol. The number of carbonyl (C=O) groups is 1. The molecule has 0 aliphatic carbocycles. The summed E-state index contributed by atoms with van der Waals surface area (Å²) in [6.07, 6.45) is 0. The van der Waals surface area contributed by atoms with Crippen molar-refractivity contribution in [2.45, 2.75) is 32.1 Å². The smallest absolute Gasteiger partial charge is 0.332 e. The Hall–Kier alpha value is -3.21. The summed E-state index contributed by atoms with van der Waals surface area (Å²) >= 11 is 1.12. The van der Waals surface area contributed by atoms with Crippen molar-refractivity contribution in [2.24, 2.45) is 13.0 Å². The van der Waals surface area contributed by atoms with Gasteiger partial charge in [-0.3, -0.25) is 18.7 Å². The minimum absolute atomic E-state index is 0.0819. The summed E-state index contributed by atoms with van der Waals surface area (Å²) in [6.45, 7) is 4.82. The van der Waals surface area contributed by atoms with Crippen molar-refractivity contribution in [1.82, 2.24) is 29.3 Å². The molecule has 0 spiro atoms. The molecule has 0 bridgehead atoms. The van der Waals surface area contributed by atoms with Crippen LogP contribution < -0.4 is 17.0 Å². The van der Waals surface area contributed by atoms with Gasteiger partial charge >= 0.3 is 5.69 Å². The number of hydrogen-bond donors (Lipinski definition) is 1. The van der Waals surface area contributed by atoms with Gasteiger partial charge in [0.05, 0.1) is 12.3 Å². The second-order valence-corrected chi connectivity index (χ2v) is 8.17. The molecule has 158 valence electrons. The van der Waals surface area contributed by atoms with Gasteiger partial charge in [0.1, 0.15) is 11.4 Å². The summed E-state index contributed by atoms with van der Waals surface area (Å²) in [6, 6.07) is 9.20. The Morgan fingerprint density at radius 1 is 1.20 bits per heavy atom. The van der Waals surface area contributed by atoms with Gasteiger partial charge in [0.15, 0.2) is 5.78 Å². The zero-order valence-corrected chi connectivity index (χ0v) is 17.8. The highest BCUT2D eigenvalue weighted by Crippen LogP contribution is 2.18. The molecule has 11 heteroatoms. The van der Waals surface area contributed by atoms with Gasteiger partial charge in [-0.25, -0.2) is 9.48 Å². The second kappa shape index (κ2) is 9.08. The minimum atomic E-state index is -0.714. The lowest BCUT2D eigenvalue weighted by Crippen LogP contribution is -2.43. The zero-order valence-electron chi connectivity index (χ0n) is 17.0. The number of benzene rings is 1. The first kappa shape index (κ1) is 21.5. The molecule has 3 aromatic rings. The van der Waals surface area contributed by atoms with Crippen LogP contribution in [0.1, 0.15) is 29.8 Å². The number of Topliss-reactive ketones (excluding diaryl/α,β-unsaturated/α-hetero) is 1. The number of anilines is 1. The van der Waals surface area contributed by atoms with E-state index in [4.69, 9.17) is 5.73 Å². The average Bonchev–Trinajstić information content (AvgIpc) is 3.15. The minimum Gasteiger partial charge on any atom is -0.384 e. The Kier molecular flexibility index (Phi) is 6.50. The number of nitrogens with zero attached hydrogens (tertiary/aromatic N) is 6. The Labute approximate surface area is 176 Å². The molecule has 2 N–H and O–H groups in total. The van der Waals surface area contributed by atoms with Crippen molar-refractivity contribution in [3.8, 4) is 0 Å². The van der Waals surface area contributed by atoms with Crippen LogP contribution in [-0.4, -0.2) is 40.9 Å². The number of nitrogen functional groups attached to an aromatic ring is 1. The van der Waals surface area contributed by atoms with E-state index in [2.05, 4.69) is 15.5 Å². The van der Waals surface area contributed by atoms with Gasteiger partial charge in [-0.1, -0.05) is 55.9 Å². The Morgan fingerprint density at radius 3 is 2.57 bits per heavy atom. The summed E-state index contributed by atoms with van der Waals surface area (Å²) < 4.78 is 3.75. The summed E-state index contributed by atoms with van der Waals surface area (Å²) in [5.41, 5.74) is 5.45. The van der Waals surface area contributed by atoms with E-state index in [1.807, 2.05) is 44.2 Å². The van der Waals surface area contributed by atoms with E-state index in [9.17, 15) is 14.4 Å². The van der Waals surface area contributed by atoms with Crippen LogP contribution in [0.15, 0.2) is 45.1 Å². The fraction of sp³-hybridized carbons (Fsp3) is 0.368. The molecule has 1 aromatic carbocycles. The highest BCUT2D eigenvalue weighted by atomic mass is 32.2. The highest BCUT2D eigenvalue weighted by Gasteiger charge is 2.22. The molecule has 0 atom stereocenters. The van der Waals surface area contributed by atoms with E-state index >= 15 is 0 Å². The van der Waals surface area contributed by atoms with Crippen LogP contribution in [0.25, 0.3) is 0 Å². The normalized spacial score (nSPS) is 11.2. The second-order valence-electron chi connectivity index (χ2n) is 7.23. The molecule has 0 saturated heterocycles. The SMILES string of the molecule is CC(C)Cn1nnnc1SCC(=O)c1c(N)n(Cc2ccccc2)c(=O)n(C)c1=O. The van der Waals surface area contributed by atoms with Gasteiger partial charge in [-0.2, -0.15) is 0 Å². The fourth-order valence-electron chi connectivity index (χ4n) is 2.93. The van der Waals surface area contributed by atoms with Crippen LogP contribution in [0.2, 0.25) is 0 Å². The number of thioether (sulfide) groups is 1. The summed E-state index contributed by atoms with van der Waals surface area (Å²) in [4.78, 5) is 38.1. The van der Waals surface area contributed by atoms with Crippen molar-refractivity contribution >= 4 is 23.4 Å². The maximum Gasteiger partial charge on any atom is 0.332 e. The van der Waals surface area contributed by atoms with Gasteiger partial charge in [0.25, 0.3) is 5.56 Å². The van der Waals surface area contributed by atoms with Crippen LogP contribution in [0.4, 0.5) is 5.82 Å². The van der Waals surface area contributed by atoms with Crippen LogP contribution in [0, 0.1) is 5.92 Å². The first-order chi connectivity index (χ1) is 14.3. The molecule has 10 nitrogen and oxygen atoms in total. The topological polar surface area (TPSA) is 131 Å². The third-order valence-corrected chi connectivity index (χ3v) is 5.37. The van der Waals surface area contributed by atoms with Crippen LogP contribution in [0.3, 0.4) is 0 Å². The molecule has 2 aromatic heterocycles. The number of tetrazole rings is 1. The quantitative estimate of drug-likeness (QED) is 0.411. The van der Waals surface area contributed by atoms with Crippen molar-refractivity contribution in [1.29, 1.82) is 0 Å². The number of nitrogens with two attached hydrogens (primary N) is 1. The largest absolute Gasteiger partial charge is 0.384 e. The predicted octanol–water partition coefficient (Wildman–Crippen LogP) is 0.795. The molecule has 0 aliphatic rings. The van der Waals surface area contributed by atoms with Gasteiger partial charge in [-0.15, -0.1) is 5.10 Å². The summed E-state index contributed by atoms with van der Waals surface area (Å²) in [5.74, 6) is -0.382. The van der Waals surface area contributed by atoms with E-state index in [-0.39, 0.29) is 23.7 Å². The molecule has 0 fully saturated rings. The van der Waals surface area contributed by atoms with Crippen molar-refractivity contribution in [2.75, 3.05) is 11.5 Å². The highest BCUT2D eigenvalue weighted by molar-refractivity contribution is 7.99. The van der Waals surface area contributed by atoms with Crippen molar-refractivity contribution in [3.05, 3.63) is 62.3 Å². The molecule has 0 amide bonds. The lowest BCUT2D eigenvalue weighted by molar-refractivity contribution is 0.102. The molecule has 0 saturated carbocycles. The number of rotatable bonds is 8. The number of ketones is 1. The standard InChI is InChI=1S/C19H23N7O3S/c1-12(2)9-26-18(21-22-23-26)30-11-14(27)15-16(20)25(19(29)24(3)17(15)28)10-13-7-5-4-6-8-13/h4-8,12H,9-11,20H2,1-3H3. The maximum absolute atomic E-state index is 12.9. The lowest BCUT2D eigenvalue weighted by atomic mass is 10.2. The van der Waals surface area contributed by atoms with Crippen molar-refractivity contribution in [3.63, 3.8) is 0 Å².